The fraction of sp³-hybridized carbons (Fsp3) is 0.556. The molecule has 0 aliphatic heterocycles. The van der Waals surface area contributed by atoms with Gasteiger partial charge in [0.05, 0.1) is 11.5 Å². The lowest BCUT2D eigenvalue weighted by atomic mass is 9.80. The number of ether oxygens (including phenoxy) is 1. The van der Waals surface area contributed by atoms with Crippen LogP contribution in [0.25, 0.3) is 0 Å². The van der Waals surface area contributed by atoms with Gasteiger partial charge < -0.3 is 4.74 Å². The van der Waals surface area contributed by atoms with Crippen molar-refractivity contribution in [2.75, 3.05) is 0 Å². The van der Waals surface area contributed by atoms with Gasteiger partial charge in [-0.2, -0.15) is 5.26 Å². The molecular weight excluding hydrogens is 262 g/mol. The number of carbonyl (C=O) groups is 1. The van der Waals surface area contributed by atoms with Crippen molar-refractivity contribution in [1.29, 1.82) is 5.26 Å². The predicted molar refractivity (Wildman–Crippen MR) is 81.8 cm³/mol. The van der Waals surface area contributed by atoms with Gasteiger partial charge in [-0.1, -0.05) is 38.3 Å². The summed E-state index contributed by atoms with van der Waals surface area (Å²) in [6.07, 6.45) is 7.90. The highest BCUT2D eigenvalue weighted by molar-refractivity contribution is 5.76. The molecule has 0 aromatic heterocycles. The van der Waals surface area contributed by atoms with Crippen LogP contribution in [0.4, 0.5) is 0 Å². The fourth-order valence-electron chi connectivity index (χ4n) is 3.02. The molecule has 0 amide bonds. The zero-order valence-electron chi connectivity index (χ0n) is 12.7. The van der Waals surface area contributed by atoms with Crippen LogP contribution < -0.4 is 4.74 Å². The molecule has 3 nitrogen and oxygen atoms in total. The highest BCUT2D eigenvalue weighted by Gasteiger charge is 2.27. The minimum Gasteiger partial charge on any atom is -0.425 e. The molecule has 0 N–H and O–H groups in total. The molecule has 1 aromatic rings. The van der Waals surface area contributed by atoms with Crippen LogP contribution in [0.2, 0.25) is 0 Å². The maximum Gasteiger partial charge on any atom is 0.314 e. The topological polar surface area (TPSA) is 50.1 Å². The average molecular weight is 285 g/mol. The molecule has 1 saturated carbocycles. The van der Waals surface area contributed by atoms with Gasteiger partial charge in [0, 0.05) is 0 Å². The van der Waals surface area contributed by atoms with Gasteiger partial charge in [-0.3, -0.25) is 4.79 Å². The molecule has 0 unspecified atom stereocenters. The normalized spacial score (nSPS) is 21.5. The number of para-hydroxylation sites is 1. The smallest absolute Gasteiger partial charge is 0.314 e. The number of carbonyl (C=O) groups excluding carboxylic acids is 1. The molecule has 1 fully saturated rings. The van der Waals surface area contributed by atoms with Crippen molar-refractivity contribution in [3.63, 3.8) is 0 Å². The van der Waals surface area contributed by atoms with Crippen molar-refractivity contribution in [2.45, 2.75) is 51.9 Å². The Hall–Kier alpha value is -1.82. The second-order valence-corrected chi connectivity index (χ2v) is 5.89. The minimum absolute atomic E-state index is 0.00498. The van der Waals surface area contributed by atoms with Crippen LogP contribution in [-0.2, 0) is 4.79 Å². The molecule has 0 atom stereocenters. The summed E-state index contributed by atoms with van der Waals surface area (Å²) in [5.74, 6) is 0.986. The highest BCUT2D eigenvalue weighted by Crippen LogP contribution is 2.33. The van der Waals surface area contributed by atoms with Gasteiger partial charge in [-0.25, -0.2) is 0 Å². The Kier molecular flexibility index (Phi) is 5.80. The van der Waals surface area contributed by atoms with Gasteiger partial charge in [0.15, 0.2) is 0 Å². The zero-order valence-corrected chi connectivity index (χ0v) is 12.7. The van der Waals surface area contributed by atoms with E-state index in [9.17, 15) is 4.79 Å². The van der Waals surface area contributed by atoms with E-state index >= 15 is 0 Å². The lowest BCUT2D eigenvalue weighted by Gasteiger charge is -2.27. The molecule has 0 radical (unpaired) electrons. The largest absolute Gasteiger partial charge is 0.425 e. The number of nitriles is 1. The second-order valence-electron chi connectivity index (χ2n) is 5.89. The third kappa shape index (κ3) is 4.32. The number of rotatable bonds is 5. The number of esters is 1. The monoisotopic (exact) mass is 285 g/mol. The number of hydrogen-bond donors (Lipinski definition) is 0. The van der Waals surface area contributed by atoms with E-state index in [0.717, 1.165) is 31.6 Å². The summed E-state index contributed by atoms with van der Waals surface area (Å²) in [7, 11) is 0. The van der Waals surface area contributed by atoms with E-state index < -0.39 is 0 Å². The van der Waals surface area contributed by atoms with Crippen LogP contribution in [0.5, 0.6) is 5.75 Å². The Labute approximate surface area is 126 Å². The third-order valence-corrected chi connectivity index (χ3v) is 4.36. The van der Waals surface area contributed by atoms with Crippen molar-refractivity contribution < 1.29 is 9.53 Å². The van der Waals surface area contributed by atoms with Gasteiger partial charge >= 0.3 is 5.97 Å². The molecule has 2 rings (SSSR count). The van der Waals surface area contributed by atoms with Crippen molar-refractivity contribution in [2.24, 2.45) is 11.8 Å². The molecule has 0 bridgehead atoms. The van der Waals surface area contributed by atoms with Gasteiger partial charge in [0.2, 0.25) is 0 Å². The molecule has 0 spiro atoms. The summed E-state index contributed by atoms with van der Waals surface area (Å²) in [5, 5.41) is 9.02. The van der Waals surface area contributed by atoms with Gasteiger partial charge in [0.25, 0.3) is 0 Å². The SMILES string of the molecule is CCCCC1CCC(C(=O)Oc2ccccc2C#N)CC1. The van der Waals surface area contributed by atoms with Crippen LogP contribution in [0, 0.1) is 23.2 Å². The third-order valence-electron chi connectivity index (χ3n) is 4.36. The Morgan fingerprint density at radius 2 is 2.00 bits per heavy atom. The molecule has 3 heteroatoms. The first kappa shape index (κ1) is 15.6. The van der Waals surface area contributed by atoms with E-state index in [1.54, 1.807) is 24.3 Å². The Balaban J connectivity index is 1.86. The summed E-state index contributed by atoms with van der Waals surface area (Å²) in [5.41, 5.74) is 0.419. The van der Waals surface area contributed by atoms with Crippen molar-refractivity contribution in [3.8, 4) is 11.8 Å². The van der Waals surface area contributed by atoms with E-state index in [0.29, 0.717) is 11.3 Å². The Morgan fingerprint density at radius 3 is 2.67 bits per heavy atom. The van der Waals surface area contributed by atoms with E-state index in [4.69, 9.17) is 10.00 Å². The van der Waals surface area contributed by atoms with E-state index in [1.807, 2.05) is 0 Å². The fourth-order valence-corrected chi connectivity index (χ4v) is 3.02. The molecule has 21 heavy (non-hydrogen) atoms. The zero-order chi connectivity index (χ0) is 15.1. The standard InChI is InChI=1S/C18H23NO2/c1-2-3-6-14-9-11-15(12-10-14)18(20)21-17-8-5-4-7-16(17)13-19/h4-5,7-8,14-15H,2-3,6,9-12H2,1H3. The van der Waals surface area contributed by atoms with Gasteiger partial charge in [0.1, 0.15) is 11.8 Å². The summed E-state index contributed by atoms with van der Waals surface area (Å²) in [6.45, 7) is 2.22. The van der Waals surface area contributed by atoms with Crippen LogP contribution >= 0.6 is 0 Å². The molecule has 1 aromatic carbocycles. The van der Waals surface area contributed by atoms with E-state index in [2.05, 4.69) is 13.0 Å². The first-order valence-electron chi connectivity index (χ1n) is 7.95. The quantitative estimate of drug-likeness (QED) is 0.593. The van der Waals surface area contributed by atoms with Crippen molar-refractivity contribution >= 4 is 5.97 Å². The summed E-state index contributed by atoms with van der Waals surface area (Å²) < 4.78 is 5.43. The molecular formula is C18H23NO2. The average Bonchev–Trinajstić information content (AvgIpc) is 2.54. The number of hydrogen-bond acceptors (Lipinski definition) is 3. The molecule has 1 aliphatic rings. The van der Waals surface area contributed by atoms with Crippen LogP contribution in [0.1, 0.15) is 57.4 Å². The number of nitrogens with zero attached hydrogens (tertiary/aromatic N) is 1. The maximum atomic E-state index is 12.2. The Bertz CT molecular complexity index is 510. The molecule has 112 valence electrons. The van der Waals surface area contributed by atoms with E-state index in [-0.39, 0.29) is 11.9 Å². The number of unbranched alkanes of at least 4 members (excludes halogenated alkanes) is 1. The van der Waals surface area contributed by atoms with E-state index in [1.165, 1.54) is 19.3 Å². The van der Waals surface area contributed by atoms with Crippen molar-refractivity contribution in [1.82, 2.24) is 0 Å². The first-order valence-corrected chi connectivity index (χ1v) is 7.95. The summed E-state index contributed by atoms with van der Waals surface area (Å²) >= 11 is 0. The summed E-state index contributed by atoms with van der Waals surface area (Å²) in [6, 6.07) is 8.97. The maximum absolute atomic E-state index is 12.2. The lowest BCUT2D eigenvalue weighted by Crippen LogP contribution is -2.26. The van der Waals surface area contributed by atoms with Gasteiger partial charge in [-0.15, -0.1) is 0 Å². The molecule has 0 saturated heterocycles. The minimum atomic E-state index is -0.174. The van der Waals surface area contributed by atoms with Crippen LogP contribution in [0.3, 0.4) is 0 Å². The highest BCUT2D eigenvalue weighted by atomic mass is 16.5. The second kappa shape index (κ2) is 7.83. The molecule has 0 heterocycles. The van der Waals surface area contributed by atoms with Crippen LogP contribution in [0.15, 0.2) is 24.3 Å². The van der Waals surface area contributed by atoms with Crippen molar-refractivity contribution in [3.05, 3.63) is 29.8 Å². The number of benzene rings is 1. The Morgan fingerprint density at radius 1 is 1.29 bits per heavy atom. The summed E-state index contributed by atoms with van der Waals surface area (Å²) in [4.78, 5) is 12.2. The molecule has 1 aliphatic carbocycles. The van der Waals surface area contributed by atoms with Crippen LogP contribution in [-0.4, -0.2) is 5.97 Å². The first-order chi connectivity index (χ1) is 10.2. The van der Waals surface area contributed by atoms with Gasteiger partial charge in [-0.05, 0) is 43.7 Å². The lowest BCUT2D eigenvalue weighted by molar-refractivity contribution is -0.140. The predicted octanol–water partition coefficient (Wildman–Crippen LogP) is 4.46.